The van der Waals surface area contributed by atoms with Crippen LogP contribution in [0.1, 0.15) is 12.0 Å². The van der Waals surface area contributed by atoms with Gasteiger partial charge in [-0.25, -0.2) is 9.48 Å². The smallest absolute Gasteiger partial charge is 0.319 e. The first-order valence-corrected chi connectivity index (χ1v) is 9.72. The van der Waals surface area contributed by atoms with Gasteiger partial charge in [-0.1, -0.05) is 30.3 Å². The summed E-state index contributed by atoms with van der Waals surface area (Å²) in [6, 6.07) is 16.0. The molecular weight excluding hydrogens is 398 g/mol. The molecule has 3 amide bonds. The summed E-state index contributed by atoms with van der Waals surface area (Å²) < 4.78 is 12.4. The summed E-state index contributed by atoms with van der Waals surface area (Å²) in [5, 5.41) is 12.5. The van der Waals surface area contributed by atoms with E-state index in [0.717, 1.165) is 5.56 Å². The molecule has 0 aliphatic rings. The summed E-state index contributed by atoms with van der Waals surface area (Å²) in [5.41, 5.74) is 1.54. The molecule has 1 heterocycles. The lowest BCUT2D eigenvalue weighted by molar-refractivity contribution is -0.116. The Bertz CT molecular complexity index is 1020. The summed E-state index contributed by atoms with van der Waals surface area (Å²) >= 11 is 0. The van der Waals surface area contributed by atoms with Gasteiger partial charge in [0.25, 0.3) is 0 Å². The molecule has 9 heteroatoms. The fraction of sp³-hybridized carbons (Fsp3) is 0.227. The Labute approximate surface area is 180 Å². The number of aromatic nitrogens is 2. The van der Waals surface area contributed by atoms with Crippen molar-refractivity contribution in [3.8, 4) is 11.5 Å². The van der Waals surface area contributed by atoms with E-state index in [2.05, 4.69) is 21.0 Å². The summed E-state index contributed by atoms with van der Waals surface area (Å²) in [6.45, 7) is 0.586. The maximum Gasteiger partial charge on any atom is 0.319 e. The van der Waals surface area contributed by atoms with E-state index < -0.39 is 0 Å². The zero-order chi connectivity index (χ0) is 22.1. The zero-order valence-electron chi connectivity index (χ0n) is 17.4. The highest BCUT2D eigenvalue weighted by Gasteiger charge is 2.13. The number of para-hydroxylation sites is 2. The number of anilines is 2. The van der Waals surface area contributed by atoms with Crippen LogP contribution < -0.4 is 25.4 Å². The van der Waals surface area contributed by atoms with Crippen LogP contribution in [-0.2, 0) is 11.3 Å². The molecule has 3 aromatic rings. The SMILES string of the molecule is COc1cccc(Cn2nccc2NC(=O)CCNC(=O)Nc2ccccc2)c1OC. The molecule has 3 N–H and O–H groups in total. The van der Waals surface area contributed by atoms with Gasteiger partial charge in [0.05, 0.1) is 27.0 Å². The molecule has 1 aromatic heterocycles. The van der Waals surface area contributed by atoms with E-state index in [9.17, 15) is 9.59 Å². The number of ether oxygens (including phenoxy) is 2. The Hall–Kier alpha value is -4.01. The van der Waals surface area contributed by atoms with Gasteiger partial charge in [-0.05, 0) is 18.2 Å². The van der Waals surface area contributed by atoms with Gasteiger partial charge in [0.1, 0.15) is 5.82 Å². The minimum Gasteiger partial charge on any atom is -0.493 e. The van der Waals surface area contributed by atoms with Crippen LogP contribution in [0.3, 0.4) is 0 Å². The number of hydrogen-bond donors (Lipinski definition) is 3. The number of carbonyl (C=O) groups excluding carboxylic acids is 2. The number of amides is 3. The maximum absolute atomic E-state index is 12.3. The normalized spacial score (nSPS) is 10.3. The highest BCUT2D eigenvalue weighted by atomic mass is 16.5. The third-order valence-electron chi connectivity index (χ3n) is 4.46. The van der Waals surface area contributed by atoms with Crippen molar-refractivity contribution < 1.29 is 19.1 Å². The van der Waals surface area contributed by atoms with Crippen LogP contribution in [0.15, 0.2) is 60.8 Å². The monoisotopic (exact) mass is 423 g/mol. The van der Waals surface area contributed by atoms with Crippen LogP contribution >= 0.6 is 0 Å². The quantitative estimate of drug-likeness (QED) is 0.490. The lowest BCUT2D eigenvalue weighted by Crippen LogP contribution is -2.31. The average Bonchev–Trinajstić information content (AvgIpc) is 3.20. The molecule has 0 aliphatic heterocycles. The fourth-order valence-corrected chi connectivity index (χ4v) is 3.00. The second-order valence-electron chi connectivity index (χ2n) is 6.57. The third kappa shape index (κ3) is 5.99. The van der Waals surface area contributed by atoms with Crippen LogP contribution in [-0.4, -0.2) is 42.5 Å². The van der Waals surface area contributed by atoms with Crippen molar-refractivity contribution in [1.82, 2.24) is 15.1 Å². The van der Waals surface area contributed by atoms with E-state index >= 15 is 0 Å². The van der Waals surface area contributed by atoms with E-state index in [1.165, 1.54) is 0 Å². The number of hydrogen-bond acceptors (Lipinski definition) is 5. The van der Waals surface area contributed by atoms with Gasteiger partial charge in [-0.15, -0.1) is 0 Å². The largest absolute Gasteiger partial charge is 0.493 e. The highest BCUT2D eigenvalue weighted by molar-refractivity contribution is 5.92. The molecule has 0 bridgehead atoms. The second kappa shape index (κ2) is 10.7. The number of nitrogens with zero attached hydrogens (tertiary/aromatic N) is 2. The van der Waals surface area contributed by atoms with Gasteiger partial charge in [0.15, 0.2) is 11.5 Å². The van der Waals surface area contributed by atoms with Crippen molar-refractivity contribution in [2.75, 3.05) is 31.4 Å². The Morgan fingerprint density at radius 3 is 2.52 bits per heavy atom. The van der Waals surface area contributed by atoms with E-state index in [4.69, 9.17) is 9.47 Å². The fourth-order valence-electron chi connectivity index (χ4n) is 3.00. The molecule has 0 fully saturated rings. The van der Waals surface area contributed by atoms with Gasteiger partial charge in [0, 0.05) is 30.3 Å². The predicted molar refractivity (Wildman–Crippen MR) is 118 cm³/mol. The standard InChI is InChI=1S/C22H25N5O4/c1-30-18-10-6-7-16(21(18)31-2)15-27-19(11-14-24-27)26-20(28)12-13-23-22(29)25-17-8-4-3-5-9-17/h3-11,14H,12-13,15H2,1-2H3,(H,26,28)(H2,23,25,29). The molecular formula is C22H25N5O4. The number of rotatable bonds is 9. The average molecular weight is 423 g/mol. The third-order valence-corrected chi connectivity index (χ3v) is 4.46. The van der Waals surface area contributed by atoms with Gasteiger partial charge >= 0.3 is 6.03 Å². The van der Waals surface area contributed by atoms with Crippen LogP contribution in [0.5, 0.6) is 11.5 Å². The topological polar surface area (TPSA) is 107 Å². The molecule has 0 atom stereocenters. The Morgan fingerprint density at radius 2 is 1.77 bits per heavy atom. The predicted octanol–water partition coefficient (Wildman–Crippen LogP) is 3.10. The number of benzene rings is 2. The summed E-state index contributed by atoms with van der Waals surface area (Å²) in [7, 11) is 3.16. The number of methoxy groups -OCH3 is 2. The van der Waals surface area contributed by atoms with Crippen LogP contribution in [0, 0.1) is 0 Å². The molecule has 31 heavy (non-hydrogen) atoms. The number of nitrogens with one attached hydrogen (secondary N) is 3. The highest BCUT2D eigenvalue weighted by Crippen LogP contribution is 2.31. The molecule has 0 unspecified atom stereocenters. The number of urea groups is 1. The summed E-state index contributed by atoms with van der Waals surface area (Å²) in [5.74, 6) is 1.55. The van der Waals surface area contributed by atoms with Crippen molar-refractivity contribution >= 4 is 23.4 Å². The van der Waals surface area contributed by atoms with E-state index in [1.54, 1.807) is 43.3 Å². The van der Waals surface area contributed by atoms with Crippen molar-refractivity contribution in [3.63, 3.8) is 0 Å². The van der Waals surface area contributed by atoms with E-state index in [0.29, 0.717) is 29.5 Å². The van der Waals surface area contributed by atoms with Crippen molar-refractivity contribution in [2.24, 2.45) is 0 Å². The van der Waals surface area contributed by atoms with Crippen LogP contribution in [0.25, 0.3) is 0 Å². The molecule has 9 nitrogen and oxygen atoms in total. The van der Waals surface area contributed by atoms with E-state index in [-0.39, 0.29) is 24.9 Å². The first kappa shape index (κ1) is 21.7. The first-order valence-electron chi connectivity index (χ1n) is 9.72. The Kier molecular flexibility index (Phi) is 7.47. The van der Waals surface area contributed by atoms with Gasteiger partial charge in [-0.2, -0.15) is 5.10 Å². The molecule has 162 valence electrons. The molecule has 0 saturated carbocycles. The Balaban J connectivity index is 1.52. The van der Waals surface area contributed by atoms with E-state index in [1.807, 2.05) is 36.4 Å². The van der Waals surface area contributed by atoms with Crippen molar-refractivity contribution in [3.05, 3.63) is 66.4 Å². The number of carbonyl (C=O) groups is 2. The lowest BCUT2D eigenvalue weighted by Gasteiger charge is -2.14. The van der Waals surface area contributed by atoms with Gasteiger partial charge in [-0.3, -0.25) is 4.79 Å². The van der Waals surface area contributed by atoms with Crippen molar-refractivity contribution in [2.45, 2.75) is 13.0 Å². The molecule has 0 aliphatic carbocycles. The summed E-state index contributed by atoms with van der Waals surface area (Å²) in [4.78, 5) is 24.2. The van der Waals surface area contributed by atoms with Crippen molar-refractivity contribution in [1.29, 1.82) is 0 Å². The first-order chi connectivity index (χ1) is 15.1. The minimum absolute atomic E-state index is 0.121. The van der Waals surface area contributed by atoms with Crippen LogP contribution in [0.2, 0.25) is 0 Å². The minimum atomic E-state index is -0.367. The molecule has 0 radical (unpaired) electrons. The summed E-state index contributed by atoms with van der Waals surface area (Å²) in [6.07, 6.45) is 1.73. The molecule has 2 aromatic carbocycles. The van der Waals surface area contributed by atoms with Crippen LogP contribution in [0.4, 0.5) is 16.3 Å². The zero-order valence-corrected chi connectivity index (χ0v) is 17.4. The Morgan fingerprint density at radius 1 is 0.968 bits per heavy atom. The molecule has 3 rings (SSSR count). The maximum atomic E-state index is 12.3. The molecule has 0 saturated heterocycles. The second-order valence-corrected chi connectivity index (χ2v) is 6.57. The van der Waals surface area contributed by atoms with Gasteiger partial charge in [0.2, 0.25) is 5.91 Å². The van der Waals surface area contributed by atoms with Gasteiger partial charge < -0.3 is 25.4 Å². The lowest BCUT2D eigenvalue weighted by atomic mass is 10.2. The molecule has 0 spiro atoms.